The largest absolute Gasteiger partial charge is 0.490 e. The number of aliphatic hydroxyl groups excluding tert-OH is 1. The molecule has 9 heteroatoms. The monoisotopic (exact) mass is 552 g/mol. The van der Waals surface area contributed by atoms with Crippen molar-refractivity contribution in [3.63, 3.8) is 0 Å². The third-order valence-corrected chi connectivity index (χ3v) is 5.90. The SMILES string of the molecule is CC(=O)Nc1cccc(C#Cc2ccccc2OCC(O)CNC(C)(C)C)c1.Cc1ccc(S(=O)(=O)O)cc1. The number of β-amino-alcohol motifs (C(OH)–C–C–N with tert-alkyl or cyclic N) is 1. The lowest BCUT2D eigenvalue weighted by Gasteiger charge is -2.23. The second-order valence-corrected chi connectivity index (χ2v) is 11.3. The maximum absolute atomic E-state index is 11.2. The van der Waals surface area contributed by atoms with E-state index >= 15 is 0 Å². The molecule has 208 valence electrons. The Bertz CT molecular complexity index is 1400. The van der Waals surface area contributed by atoms with Gasteiger partial charge in [-0.1, -0.05) is 47.7 Å². The average molecular weight is 553 g/mol. The fourth-order valence-corrected chi connectivity index (χ4v) is 3.57. The zero-order chi connectivity index (χ0) is 29.1. The molecule has 39 heavy (non-hydrogen) atoms. The Kier molecular flexibility index (Phi) is 11.7. The minimum absolute atomic E-state index is 0.0594. The summed E-state index contributed by atoms with van der Waals surface area (Å²) in [7, 11) is -4.02. The van der Waals surface area contributed by atoms with E-state index in [2.05, 4.69) is 22.5 Å². The molecule has 4 N–H and O–H groups in total. The van der Waals surface area contributed by atoms with E-state index in [1.165, 1.54) is 19.1 Å². The molecule has 3 aromatic rings. The second kappa shape index (κ2) is 14.5. The molecule has 1 atom stereocenters. The third kappa shape index (κ3) is 12.6. The van der Waals surface area contributed by atoms with Gasteiger partial charge in [-0.05, 0) is 70.2 Å². The van der Waals surface area contributed by atoms with Crippen LogP contribution in [0.2, 0.25) is 0 Å². The Balaban J connectivity index is 0.000000404. The Hall–Kier alpha value is -3.68. The van der Waals surface area contributed by atoms with Crippen molar-refractivity contribution < 1.29 is 27.6 Å². The highest BCUT2D eigenvalue weighted by Gasteiger charge is 2.13. The van der Waals surface area contributed by atoms with Crippen LogP contribution in [-0.2, 0) is 14.9 Å². The minimum atomic E-state index is -4.02. The molecule has 0 spiro atoms. The van der Waals surface area contributed by atoms with Gasteiger partial charge in [0, 0.05) is 30.3 Å². The molecular formula is C30H36N2O6S. The van der Waals surface area contributed by atoms with Crippen LogP contribution in [-0.4, -0.2) is 48.8 Å². The van der Waals surface area contributed by atoms with Crippen LogP contribution < -0.4 is 15.4 Å². The van der Waals surface area contributed by atoms with Gasteiger partial charge in [-0.25, -0.2) is 0 Å². The summed E-state index contributed by atoms with van der Waals surface area (Å²) in [5.74, 6) is 6.70. The predicted octanol–water partition coefficient (Wildman–Crippen LogP) is 4.41. The Morgan fingerprint density at radius 1 is 1.00 bits per heavy atom. The molecule has 0 aliphatic heterocycles. The van der Waals surface area contributed by atoms with E-state index in [-0.39, 0.29) is 22.9 Å². The van der Waals surface area contributed by atoms with Crippen molar-refractivity contribution in [2.75, 3.05) is 18.5 Å². The quantitative estimate of drug-likeness (QED) is 0.253. The van der Waals surface area contributed by atoms with Gasteiger partial charge in [0.15, 0.2) is 0 Å². The number of carbonyl (C=O) groups is 1. The van der Waals surface area contributed by atoms with E-state index in [1.807, 2.05) is 76.2 Å². The van der Waals surface area contributed by atoms with Crippen LogP contribution in [0.5, 0.6) is 5.75 Å². The van der Waals surface area contributed by atoms with Crippen molar-refractivity contribution in [1.82, 2.24) is 5.32 Å². The summed E-state index contributed by atoms with van der Waals surface area (Å²) in [5.41, 5.74) is 3.13. The van der Waals surface area contributed by atoms with Crippen LogP contribution >= 0.6 is 0 Å². The van der Waals surface area contributed by atoms with E-state index in [4.69, 9.17) is 9.29 Å². The molecule has 1 unspecified atom stereocenters. The number of nitrogens with one attached hydrogen (secondary N) is 2. The van der Waals surface area contributed by atoms with Crippen LogP contribution in [0.3, 0.4) is 0 Å². The first kappa shape index (κ1) is 31.5. The molecule has 0 aliphatic carbocycles. The van der Waals surface area contributed by atoms with Crippen LogP contribution in [0.15, 0.2) is 77.7 Å². The molecule has 0 heterocycles. The fraction of sp³-hybridized carbons (Fsp3) is 0.300. The Morgan fingerprint density at radius 2 is 1.67 bits per heavy atom. The average Bonchev–Trinajstić information content (AvgIpc) is 2.85. The van der Waals surface area contributed by atoms with Gasteiger partial charge in [-0.2, -0.15) is 8.42 Å². The maximum atomic E-state index is 11.2. The zero-order valence-electron chi connectivity index (χ0n) is 22.9. The van der Waals surface area contributed by atoms with Crippen LogP contribution in [0.25, 0.3) is 0 Å². The zero-order valence-corrected chi connectivity index (χ0v) is 23.7. The van der Waals surface area contributed by atoms with Crippen LogP contribution in [0, 0.1) is 18.8 Å². The first-order chi connectivity index (χ1) is 18.2. The first-order valence-corrected chi connectivity index (χ1v) is 13.8. The van der Waals surface area contributed by atoms with Gasteiger partial charge >= 0.3 is 0 Å². The molecule has 0 radical (unpaired) electrons. The van der Waals surface area contributed by atoms with Crippen molar-refractivity contribution in [2.45, 2.75) is 51.2 Å². The number of amides is 1. The summed E-state index contributed by atoms with van der Waals surface area (Å²) in [6, 6.07) is 20.8. The summed E-state index contributed by atoms with van der Waals surface area (Å²) in [6.45, 7) is 10.1. The number of anilines is 1. The van der Waals surface area contributed by atoms with Crippen molar-refractivity contribution in [3.05, 3.63) is 89.5 Å². The van der Waals surface area contributed by atoms with Gasteiger partial charge in [0.2, 0.25) is 5.91 Å². The molecular weight excluding hydrogens is 516 g/mol. The van der Waals surface area contributed by atoms with E-state index in [9.17, 15) is 18.3 Å². The van der Waals surface area contributed by atoms with E-state index in [0.717, 1.165) is 16.7 Å². The van der Waals surface area contributed by atoms with Crippen molar-refractivity contribution >= 4 is 21.7 Å². The highest BCUT2D eigenvalue weighted by atomic mass is 32.2. The summed E-state index contributed by atoms with van der Waals surface area (Å²) >= 11 is 0. The molecule has 0 fully saturated rings. The lowest BCUT2D eigenvalue weighted by atomic mass is 10.1. The van der Waals surface area contributed by atoms with Gasteiger partial charge in [0.25, 0.3) is 10.1 Å². The van der Waals surface area contributed by atoms with Crippen molar-refractivity contribution in [3.8, 4) is 17.6 Å². The minimum Gasteiger partial charge on any atom is -0.490 e. The summed E-state index contributed by atoms with van der Waals surface area (Å²) in [4.78, 5) is 11.1. The number of aryl methyl sites for hydroxylation is 1. The van der Waals surface area contributed by atoms with Crippen molar-refractivity contribution in [2.24, 2.45) is 0 Å². The molecule has 1 amide bonds. The van der Waals surface area contributed by atoms with Crippen molar-refractivity contribution in [1.29, 1.82) is 0 Å². The number of rotatable bonds is 7. The lowest BCUT2D eigenvalue weighted by Crippen LogP contribution is -2.42. The first-order valence-electron chi connectivity index (χ1n) is 12.3. The molecule has 0 saturated carbocycles. The van der Waals surface area contributed by atoms with E-state index in [1.54, 1.807) is 12.1 Å². The Morgan fingerprint density at radius 3 is 2.28 bits per heavy atom. The fourth-order valence-electron chi connectivity index (χ4n) is 3.09. The second-order valence-electron chi connectivity index (χ2n) is 9.89. The normalized spacial score (nSPS) is 11.8. The molecule has 0 bridgehead atoms. The van der Waals surface area contributed by atoms with Gasteiger partial charge < -0.3 is 20.5 Å². The number of carbonyl (C=O) groups excluding carboxylic acids is 1. The highest BCUT2D eigenvalue weighted by molar-refractivity contribution is 7.85. The number of aliphatic hydroxyl groups is 1. The smallest absolute Gasteiger partial charge is 0.294 e. The van der Waals surface area contributed by atoms with Crippen LogP contribution in [0.1, 0.15) is 44.4 Å². The van der Waals surface area contributed by atoms with Gasteiger partial charge in [0.1, 0.15) is 18.5 Å². The molecule has 0 aliphatic rings. The topological polar surface area (TPSA) is 125 Å². The number of hydrogen-bond donors (Lipinski definition) is 4. The third-order valence-electron chi connectivity index (χ3n) is 5.03. The molecule has 0 aromatic heterocycles. The number of ether oxygens (including phenoxy) is 1. The summed E-state index contributed by atoms with van der Waals surface area (Å²) in [5, 5.41) is 16.1. The Labute approximate surface area is 231 Å². The van der Waals surface area contributed by atoms with Crippen LogP contribution in [0.4, 0.5) is 5.69 Å². The van der Waals surface area contributed by atoms with Gasteiger partial charge in [-0.15, -0.1) is 0 Å². The summed E-state index contributed by atoms with van der Waals surface area (Å²) < 4.78 is 35.3. The molecule has 3 rings (SSSR count). The van der Waals surface area contributed by atoms with E-state index in [0.29, 0.717) is 18.0 Å². The molecule has 0 saturated heterocycles. The maximum Gasteiger partial charge on any atom is 0.294 e. The predicted molar refractivity (Wildman–Crippen MR) is 153 cm³/mol. The molecule has 8 nitrogen and oxygen atoms in total. The standard InChI is InChI=1S/C23H28N2O3.C7H8O3S/c1-17(26)25-20-10-7-8-18(14-20)12-13-19-9-5-6-11-22(19)28-16-21(27)15-24-23(2,3)4;1-6-2-4-7(5-3-6)11(8,9)10/h5-11,14,21,24,27H,15-16H2,1-4H3,(H,25,26);2-5H,1H3,(H,8,9,10). The number of hydrogen-bond acceptors (Lipinski definition) is 6. The van der Waals surface area contributed by atoms with Gasteiger partial charge in [-0.3, -0.25) is 9.35 Å². The van der Waals surface area contributed by atoms with Gasteiger partial charge in [0.05, 0.1) is 10.5 Å². The number of benzene rings is 3. The lowest BCUT2D eigenvalue weighted by molar-refractivity contribution is -0.114. The van der Waals surface area contributed by atoms with E-state index < -0.39 is 16.2 Å². The highest BCUT2D eigenvalue weighted by Crippen LogP contribution is 2.18. The summed E-state index contributed by atoms with van der Waals surface area (Å²) in [6.07, 6.45) is -0.616. The number of para-hydroxylation sites is 1. The molecule has 3 aromatic carbocycles.